The first-order chi connectivity index (χ1) is 12.6. The summed E-state index contributed by atoms with van der Waals surface area (Å²) in [4.78, 5) is 28.4. The lowest BCUT2D eigenvalue weighted by Gasteiger charge is -2.08. The van der Waals surface area contributed by atoms with Crippen molar-refractivity contribution in [2.45, 2.75) is 13.3 Å². The van der Waals surface area contributed by atoms with Crippen molar-refractivity contribution in [3.63, 3.8) is 0 Å². The fraction of sp³-hybridized carbons (Fsp3) is 0.167. The van der Waals surface area contributed by atoms with E-state index >= 15 is 0 Å². The molecule has 0 fully saturated rings. The van der Waals surface area contributed by atoms with Gasteiger partial charge in [0, 0.05) is 34.2 Å². The number of urea groups is 1. The number of hydrogen-bond donors (Lipinski definition) is 3. The summed E-state index contributed by atoms with van der Waals surface area (Å²) in [6, 6.07) is 8.76. The number of rotatable bonds is 6. The molecule has 0 spiro atoms. The minimum atomic E-state index is -0.278. The number of carbonyl (C=O) groups excluding carboxylic acids is 2. The fourth-order valence-corrected chi connectivity index (χ4v) is 3.82. The zero-order valence-electron chi connectivity index (χ0n) is 14.1. The van der Waals surface area contributed by atoms with Crippen LogP contribution in [0.5, 0.6) is 0 Å². The Hall–Kier alpha value is -2.71. The van der Waals surface area contributed by atoms with Crippen LogP contribution in [0.25, 0.3) is 10.6 Å². The molecular weight excluding hydrogens is 368 g/mol. The van der Waals surface area contributed by atoms with E-state index in [1.807, 2.05) is 29.1 Å². The van der Waals surface area contributed by atoms with Crippen LogP contribution in [-0.2, 0) is 11.2 Å². The lowest BCUT2D eigenvalue weighted by molar-refractivity contribution is -0.115. The van der Waals surface area contributed by atoms with Crippen molar-refractivity contribution in [2.24, 2.45) is 0 Å². The number of nitrogens with one attached hydrogen (secondary N) is 3. The van der Waals surface area contributed by atoms with Crippen LogP contribution in [0.2, 0.25) is 0 Å². The van der Waals surface area contributed by atoms with Gasteiger partial charge in [-0.05, 0) is 36.6 Å². The van der Waals surface area contributed by atoms with Gasteiger partial charge < -0.3 is 16.0 Å². The van der Waals surface area contributed by atoms with Gasteiger partial charge in [0.15, 0.2) is 0 Å². The first kappa shape index (κ1) is 18.1. The molecule has 0 bridgehead atoms. The molecule has 3 aromatic rings. The second-order valence-corrected chi connectivity index (χ2v) is 7.08. The summed E-state index contributed by atoms with van der Waals surface area (Å²) >= 11 is 3.15. The van der Waals surface area contributed by atoms with E-state index < -0.39 is 0 Å². The monoisotopic (exact) mass is 386 g/mol. The van der Waals surface area contributed by atoms with Crippen LogP contribution in [-0.4, -0.2) is 23.5 Å². The highest BCUT2D eigenvalue weighted by Gasteiger charge is 2.10. The van der Waals surface area contributed by atoms with Crippen LogP contribution in [0.1, 0.15) is 12.6 Å². The summed E-state index contributed by atoms with van der Waals surface area (Å²) < 4.78 is 0. The highest BCUT2D eigenvalue weighted by molar-refractivity contribution is 7.14. The number of benzene rings is 1. The number of thiazole rings is 1. The number of aromatic nitrogens is 1. The van der Waals surface area contributed by atoms with Gasteiger partial charge in [0.25, 0.3) is 0 Å². The van der Waals surface area contributed by atoms with E-state index in [4.69, 9.17) is 0 Å². The second kappa shape index (κ2) is 8.59. The Labute approximate surface area is 159 Å². The highest BCUT2D eigenvalue weighted by atomic mass is 32.1. The molecule has 3 rings (SSSR count). The molecular formula is C18H18N4O2S2. The molecule has 0 saturated heterocycles. The molecule has 3 amide bonds. The summed E-state index contributed by atoms with van der Waals surface area (Å²) in [5.41, 5.74) is 3.06. The van der Waals surface area contributed by atoms with Crippen LogP contribution < -0.4 is 16.0 Å². The molecule has 0 aliphatic rings. The van der Waals surface area contributed by atoms with Crippen LogP contribution in [0.15, 0.2) is 46.5 Å². The van der Waals surface area contributed by atoms with Crippen molar-refractivity contribution in [3.05, 3.63) is 52.2 Å². The molecule has 6 nitrogen and oxygen atoms in total. The number of hydrogen-bond acceptors (Lipinski definition) is 5. The molecule has 26 heavy (non-hydrogen) atoms. The summed E-state index contributed by atoms with van der Waals surface area (Å²) in [6.07, 6.45) is 0.203. The third-order valence-electron chi connectivity index (χ3n) is 3.40. The predicted octanol–water partition coefficient (Wildman–Crippen LogP) is 4.19. The van der Waals surface area contributed by atoms with E-state index in [2.05, 4.69) is 20.9 Å². The SMILES string of the molecule is CCNC(=O)Nc1cccc(NC(=O)Cc2csc(-c3ccsc3)n2)c1. The normalized spacial score (nSPS) is 10.3. The van der Waals surface area contributed by atoms with Gasteiger partial charge in [0.05, 0.1) is 12.1 Å². The van der Waals surface area contributed by atoms with Crippen LogP contribution in [0, 0.1) is 0 Å². The molecule has 0 saturated carbocycles. The van der Waals surface area contributed by atoms with Gasteiger partial charge >= 0.3 is 6.03 Å². The van der Waals surface area contributed by atoms with Crippen molar-refractivity contribution >= 4 is 46.0 Å². The number of nitrogens with zero attached hydrogens (tertiary/aromatic N) is 1. The van der Waals surface area contributed by atoms with Gasteiger partial charge in [0.1, 0.15) is 5.01 Å². The van der Waals surface area contributed by atoms with Crippen LogP contribution in [0.4, 0.5) is 16.2 Å². The molecule has 8 heteroatoms. The summed E-state index contributed by atoms with van der Waals surface area (Å²) in [5.74, 6) is -0.151. The molecule has 0 atom stereocenters. The molecule has 0 radical (unpaired) electrons. The summed E-state index contributed by atoms with van der Waals surface area (Å²) in [5, 5.41) is 15.1. The molecule has 134 valence electrons. The van der Waals surface area contributed by atoms with Crippen molar-refractivity contribution in [1.29, 1.82) is 0 Å². The fourth-order valence-electron chi connectivity index (χ4n) is 2.29. The van der Waals surface area contributed by atoms with E-state index in [1.165, 1.54) is 11.3 Å². The minimum Gasteiger partial charge on any atom is -0.338 e. The largest absolute Gasteiger partial charge is 0.338 e. The van der Waals surface area contributed by atoms with Gasteiger partial charge in [-0.3, -0.25) is 4.79 Å². The first-order valence-corrected chi connectivity index (χ1v) is 9.88. The number of carbonyl (C=O) groups is 2. The molecule has 2 heterocycles. The Bertz CT molecular complexity index is 890. The van der Waals surface area contributed by atoms with E-state index in [0.717, 1.165) is 16.3 Å². The summed E-state index contributed by atoms with van der Waals surface area (Å²) in [6.45, 7) is 2.39. The number of anilines is 2. The van der Waals surface area contributed by atoms with Gasteiger partial charge in [-0.15, -0.1) is 11.3 Å². The Morgan fingerprint density at radius 1 is 1.12 bits per heavy atom. The van der Waals surface area contributed by atoms with E-state index in [-0.39, 0.29) is 18.4 Å². The topological polar surface area (TPSA) is 83.1 Å². The second-order valence-electron chi connectivity index (χ2n) is 5.45. The summed E-state index contributed by atoms with van der Waals surface area (Å²) in [7, 11) is 0. The van der Waals surface area contributed by atoms with Gasteiger partial charge in [-0.2, -0.15) is 11.3 Å². The molecule has 0 aliphatic heterocycles. The molecule has 1 aromatic carbocycles. The average Bonchev–Trinajstić information content (AvgIpc) is 3.26. The van der Waals surface area contributed by atoms with Gasteiger partial charge in [-0.25, -0.2) is 9.78 Å². The Morgan fingerprint density at radius 3 is 2.65 bits per heavy atom. The third kappa shape index (κ3) is 4.90. The minimum absolute atomic E-state index is 0.151. The molecule has 0 unspecified atom stereocenters. The molecule has 3 N–H and O–H groups in total. The quantitative estimate of drug-likeness (QED) is 0.594. The maximum absolute atomic E-state index is 12.3. The molecule has 0 aliphatic carbocycles. The zero-order valence-corrected chi connectivity index (χ0v) is 15.7. The Balaban J connectivity index is 1.59. The first-order valence-electron chi connectivity index (χ1n) is 8.06. The van der Waals surface area contributed by atoms with Crippen molar-refractivity contribution in [2.75, 3.05) is 17.2 Å². The van der Waals surface area contributed by atoms with E-state index in [1.54, 1.807) is 35.6 Å². The zero-order chi connectivity index (χ0) is 18.4. The number of thiophene rings is 1. The lowest BCUT2D eigenvalue weighted by atomic mass is 10.2. The Kier molecular flexibility index (Phi) is 5.98. The van der Waals surface area contributed by atoms with Gasteiger partial charge in [-0.1, -0.05) is 6.07 Å². The maximum atomic E-state index is 12.3. The highest BCUT2D eigenvalue weighted by Crippen LogP contribution is 2.26. The standard InChI is InChI=1S/C18H18N4O2S2/c1-2-19-18(24)22-14-5-3-4-13(8-14)20-16(23)9-15-11-26-17(21-15)12-6-7-25-10-12/h3-8,10-11H,2,9H2,1H3,(H,20,23)(H2,19,22,24). The van der Waals surface area contributed by atoms with E-state index in [9.17, 15) is 9.59 Å². The Morgan fingerprint density at radius 2 is 1.92 bits per heavy atom. The van der Waals surface area contributed by atoms with Crippen molar-refractivity contribution in [3.8, 4) is 10.6 Å². The smallest absolute Gasteiger partial charge is 0.319 e. The van der Waals surface area contributed by atoms with Crippen LogP contribution in [0.3, 0.4) is 0 Å². The number of amides is 3. The van der Waals surface area contributed by atoms with Crippen molar-refractivity contribution < 1.29 is 9.59 Å². The third-order valence-corrected chi connectivity index (χ3v) is 5.03. The average molecular weight is 387 g/mol. The van der Waals surface area contributed by atoms with Crippen LogP contribution >= 0.6 is 22.7 Å². The maximum Gasteiger partial charge on any atom is 0.319 e. The lowest BCUT2D eigenvalue weighted by Crippen LogP contribution is -2.28. The predicted molar refractivity (Wildman–Crippen MR) is 107 cm³/mol. The van der Waals surface area contributed by atoms with E-state index in [0.29, 0.717) is 17.9 Å². The van der Waals surface area contributed by atoms with Crippen molar-refractivity contribution in [1.82, 2.24) is 10.3 Å². The molecule has 2 aromatic heterocycles. The van der Waals surface area contributed by atoms with Gasteiger partial charge in [0.2, 0.25) is 5.91 Å².